The lowest BCUT2D eigenvalue weighted by atomic mass is 9.72. The van der Waals surface area contributed by atoms with E-state index in [0.717, 1.165) is 47.2 Å². The number of H-pyrrole nitrogens is 1. The molecule has 0 amide bonds. The first-order chi connectivity index (χ1) is 17.8. The highest BCUT2D eigenvalue weighted by Crippen LogP contribution is 2.42. The predicted octanol–water partition coefficient (Wildman–Crippen LogP) is 6.66. The molecule has 1 aliphatic rings. The lowest BCUT2D eigenvalue weighted by molar-refractivity contribution is 0.218. The van der Waals surface area contributed by atoms with E-state index in [1.54, 1.807) is 18.4 Å². The average molecular weight is 519 g/mol. The molecule has 7 heteroatoms. The molecule has 2 heterocycles. The van der Waals surface area contributed by atoms with Crippen molar-refractivity contribution in [3.63, 3.8) is 0 Å². The van der Waals surface area contributed by atoms with Crippen LogP contribution in [0.15, 0.2) is 53.3 Å². The van der Waals surface area contributed by atoms with Gasteiger partial charge in [-0.25, -0.2) is 4.98 Å². The molecule has 2 aromatic heterocycles. The zero-order valence-corrected chi connectivity index (χ0v) is 22.7. The maximum absolute atomic E-state index is 13.2. The fraction of sp³-hybridized carbons (Fsp3) is 0.400. The maximum atomic E-state index is 13.2. The number of thiophene rings is 1. The molecule has 5 rings (SSSR count). The summed E-state index contributed by atoms with van der Waals surface area (Å²) in [6, 6.07) is 15.4. The second-order valence-corrected chi connectivity index (χ2v) is 11.7. The standard InChI is InChI=1S/C30H34N2O4S/c1-30(2,3)20-12-13-22-25(18-20)37-29-26(22)28(33)31-27(32-29)19-11-14-23(24(17-19)34-4)36-16-8-15-35-21-9-6-5-7-10-21/h5-7,9-11,14,17,20H,8,12-13,15-16,18H2,1-4H3,(H,31,32,33)/t20-/m0/s1. The van der Waals surface area contributed by atoms with Crippen molar-refractivity contribution in [2.45, 2.75) is 46.5 Å². The number of fused-ring (bicyclic) bond motifs is 3. The monoisotopic (exact) mass is 518 g/mol. The van der Waals surface area contributed by atoms with Crippen molar-refractivity contribution in [1.29, 1.82) is 0 Å². The largest absolute Gasteiger partial charge is 0.493 e. The Labute approximate surface area is 221 Å². The number of aromatic amines is 1. The number of hydrogen-bond acceptors (Lipinski definition) is 6. The van der Waals surface area contributed by atoms with Crippen LogP contribution >= 0.6 is 11.3 Å². The van der Waals surface area contributed by atoms with Crippen LogP contribution < -0.4 is 19.8 Å². The van der Waals surface area contributed by atoms with E-state index in [1.165, 1.54) is 10.4 Å². The van der Waals surface area contributed by atoms with Crippen LogP contribution in [0.25, 0.3) is 21.6 Å². The number of para-hydroxylation sites is 1. The molecule has 1 N–H and O–H groups in total. The van der Waals surface area contributed by atoms with Crippen LogP contribution in [0.5, 0.6) is 17.2 Å². The number of ether oxygens (including phenoxy) is 3. The van der Waals surface area contributed by atoms with Crippen molar-refractivity contribution in [2.75, 3.05) is 20.3 Å². The topological polar surface area (TPSA) is 73.4 Å². The molecule has 194 valence electrons. The summed E-state index contributed by atoms with van der Waals surface area (Å²) in [5, 5.41) is 0.765. The lowest BCUT2D eigenvalue weighted by Crippen LogP contribution is -2.26. The van der Waals surface area contributed by atoms with Gasteiger partial charge in [0.1, 0.15) is 16.4 Å². The summed E-state index contributed by atoms with van der Waals surface area (Å²) in [6.45, 7) is 7.98. The Morgan fingerprint density at radius 2 is 1.84 bits per heavy atom. The zero-order valence-electron chi connectivity index (χ0n) is 21.9. The summed E-state index contributed by atoms with van der Waals surface area (Å²) in [5.74, 6) is 3.26. The van der Waals surface area contributed by atoms with Gasteiger partial charge in [0.2, 0.25) is 0 Å². The summed E-state index contributed by atoms with van der Waals surface area (Å²) in [4.78, 5) is 23.2. The first-order valence-corrected chi connectivity index (χ1v) is 13.7. The molecule has 0 saturated carbocycles. The van der Waals surface area contributed by atoms with E-state index in [2.05, 4.69) is 25.8 Å². The highest BCUT2D eigenvalue weighted by atomic mass is 32.1. The van der Waals surface area contributed by atoms with Crippen molar-refractivity contribution >= 4 is 21.6 Å². The number of aromatic nitrogens is 2. The highest BCUT2D eigenvalue weighted by Gasteiger charge is 2.31. The Balaban J connectivity index is 1.31. The maximum Gasteiger partial charge on any atom is 0.260 e. The van der Waals surface area contributed by atoms with Crippen LogP contribution in [0.2, 0.25) is 0 Å². The van der Waals surface area contributed by atoms with Gasteiger partial charge in [-0.15, -0.1) is 11.3 Å². The van der Waals surface area contributed by atoms with Gasteiger partial charge in [-0.05, 0) is 66.5 Å². The number of aryl methyl sites for hydroxylation is 1. The molecule has 1 atom stereocenters. The average Bonchev–Trinajstić information content (AvgIpc) is 3.27. The van der Waals surface area contributed by atoms with Crippen molar-refractivity contribution in [2.24, 2.45) is 11.3 Å². The van der Waals surface area contributed by atoms with E-state index in [-0.39, 0.29) is 11.0 Å². The molecule has 0 unspecified atom stereocenters. The van der Waals surface area contributed by atoms with Crippen molar-refractivity contribution in [3.8, 4) is 28.6 Å². The number of hydrogen-bond donors (Lipinski definition) is 1. The molecule has 0 saturated heterocycles. The van der Waals surface area contributed by atoms with Gasteiger partial charge in [-0.1, -0.05) is 39.0 Å². The summed E-state index contributed by atoms with van der Waals surface area (Å²) < 4.78 is 17.3. The number of nitrogens with zero attached hydrogens (tertiary/aromatic N) is 1. The molecule has 0 aliphatic heterocycles. The molecule has 0 bridgehead atoms. The Kier molecular flexibility index (Phi) is 7.24. The molecule has 0 spiro atoms. The van der Waals surface area contributed by atoms with Gasteiger partial charge in [0, 0.05) is 16.9 Å². The van der Waals surface area contributed by atoms with Crippen LogP contribution in [0.1, 0.15) is 44.1 Å². The van der Waals surface area contributed by atoms with Crippen LogP contribution in [0.3, 0.4) is 0 Å². The van der Waals surface area contributed by atoms with Crippen molar-refractivity contribution in [1.82, 2.24) is 9.97 Å². The summed E-state index contributed by atoms with van der Waals surface area (Å²) in [5.41, 5.74) is 2.17. The second-order valence-electron chi connectivity index (χ2n) is 10.6. The van der Waals surface area contributed by atoms with E-state index >= 15 is 0 Å². The minimum absolute atomic E-state index is 0.0654. The Hall–Kier alpha value is -3.32. The van der Waals surface area contributed by atoms with E-state index in [9.17, 15) is 4.79 Å². The zero-order chi connectivity index (χ0) is 26.0. The van der Waals surface area contributed by atoms with Gasteiger partial charge >= 0.3 is 0 Å². The van der Waals surface area contributed by atoms with Gasteiger partial charge in [-0.2, -0.15) is 0 Å². The van der Waals surface area contributed by atoms with Gasteiger partial charge in [0.15, 0.2) is 11.5 Å². The molecular weight excluding hydrogens is 484 g/mol. The summed E-state index contributed by atoms with van der Waals surface area (Å²) in [6.07, 6.45) is 3.81. The second kappa shape index (κ2) is 10.6. The molecule has 0 fully saturated rings. The quantitative estimate of drug-likeness (QED) is 0.264. The smallest absolute Gasteiger partial charge is 0.260 e. The van der Waals surface area contributed by atoms with Gasteiger partial charge < -0.3 is 19.2 Å². The summed E-state index contributed by atoms with van der Waals surface area (Å²) >= 11 is 1.67. The highest BCUT2D eigenvalue weighted by molar-refractivity contribution is 7.18. The fourth-order valence-corrected chi connectivity index (χ4v) is 6.24. The normalized spacial score (nSPS) is 15.4. The van der Waals surface area contributed by atoms with Crippen LogP contribution in [-0.2, 0) is 12.8 Å². The van der Waals surface area contributed by atoms with Gasteiger partial charge in [0.25, 0.3) is 5.56 Å². The number of rotatable bonds is 8. The fourth-order valence-electron chi connectivity index (χ4n) is 4.94. The van der Waals surface area contributed by atoms with E-state index in [0.29, 0.717) is 36.5 Å². The Morgan fingerprint density at radius 3 is 2.59 bits per heavy atom. The third kappa shape index (κ3) is 5.52. The van der Waals surface area contributed by atoms with Gasteiger partial charge in [-0.3, -0.25) is 4.79 Å². The lowest BCUT2D eigenvalue weighted by Gasteiger charge is -2.33. The van der Waals surface area contributed by atoms with Crippen LogP contribution in [0.4, 0.5) is 0 Å². The minimum atomic E-state index is -0.0654. The molecule has 37 heavy (non-hydrogen) atoms. The molecule has 1 aliphatic carbocycles. The number of methoxy groups -OCH3 is 1. The SMILES string of the molecule is COc1cc(-c2nc3sc4c(c3c(=O)[nH]2)CC[C@H](C(C)(C)C)C4)ccc1OCCCOc1ccccc1. The van der Waals surface area contributed by atoms with Crippen molar-refractivity contribution in [3.05, 3.63) is 69.3 Å². The first-order valence-electron chi connectivity index (χ1n) is 12.9. The minimum Gasteiger partial charge on any atom is -0.493 e. The van der Waals surface area contributed by atoms with Gasteiger partial charge in [0.05, 0.1) is 25.7 Å². The van der Waals surface area contributed by atoms with E-state index < -0.39 is 0 Å². The Bertz CT molecular complexity index is 1440. The van der Waals surface area contributed by atoms with Crippen LogP contribution in [-0.4, -0.2) is 30.3 Å². The third-order valence-electron chi connectivity index (χ3n) is 7.14. The van der Waals surface area contributed by atoms with E-state index in [4.69, 9.17) is 19.2 Å². The Morgan fingerprint density at radius 1 is 1.05 bits per heavy atom. The number of nitrogens with one attached hydrogen (secondary N) is 1. The number of benzene rings is 2. The van der Waals surface area contributed by atoms with Crippen LogP contribution in [0, 0.1) is 11.3 Å². The molecule has 0 radical (unpaired) electrons. The summed E-state index contributed by atoms with van der Waals surface area (Å²) in [7, 11) is 1.61. The third-order valence-corrected chi connectivity index (χ3v) is 8.29. The van der Waals surface area contributed by atoms with E-state index in [1.807, 2.05) is 48.5 Å². The first kappa shape index (κ1) is 25.3. The van der Waals surface area contributed by atoms with Crippen molar-refractivity contribution < 1.29 is 14.2 Å². The predicted molar refractivity (Wildman–Crippen MR) is 149 cm³/mol. The molecule has 2 aromatic carbocycles. The molecule has 4 aromatic rings. The molecular formula is C30H34N2O4S. The molecule has 6 nitrogen and oxygen atoms in total.